The molecule has 1 aliphatic heterocycles. The van der Waals surface area contributed by atoms with Crippen molar-refractivity contribution in [2.24, 2.45) is 5.10 Å². The Morgan fingerprint density at radius 3 is 2.85 bits per heavy atom. The van der Waals surface area contributed by atoms with E-state index in [1.54, 1.807) is 0 Å². The van der Waals surface area contributed by atoms with Crippen LogP contribution >= 0.6 is 0 Å². The monoisotopic (exact) mass is 182 g/mol. The van der Waals surface area contributed by atoms with Gasteiger partial charge in [-0.25, -0.2) is 0 Å². The molecule has 0 atom stereocenters. The van der Waals surface area contributed by atoms with Crippen LogP contribution in [0.1, 0.15) is 27.2 Å². The number of nitrogens with zero attached hydrogens (tertiary/aromatic N) is 2. The summed E-state index contributed by atoms with van der Waals surface area (Å²) in [5.41, 5.74) is 1.35. The second-order valence-corrected chi connectivity index (χ2v) is 3.99. The van der Waals surface area contributed by atoms with Crippen molar-refractivity contribution in [3.8, 4) is 0 Å². The second-order valence-electron chi connectivity index (χ2n) is 3.99. The van der Waals surface area contributed by atoms with Crippen LogP contribution in [-0.4, -0.2) is 29.4 Å². The first-order valence-corrected chi connectivity index (χ1v) is 4.60. The lowest BCUT2D eigenvalue weighted by Gasteiger charge is -2.30. The van der Waals surface area contributed by atoms with Gasteiger partial charge in [-0.1, -0.05) is 6.58 Å². The molecule has 0 aromatic carbocycles. The van der Waals surface area contributed by atoms with Crippen LogP contribution in [0.15, 0.2) is 17.9 Å². The van der Waals surface area contributed by atoms with E-state index in [0.29, 0.717) is 6.61 Å². The van der Waals surface area contributed by atoms with Gasteiger partial charge in [0.05, 0.1) is 18.3 Å². The Kier molecular flexibility index (Phi) is 2.96. The molecular weight excluding hydrogens is 164 g/mol. The Morgan fingerprint density at radius 1 is 1.69 bits per heavy atom. The van der Waals surface area contributed by atoms with E-state index in [4.69, 9.17) is 4.74 Å². The van der Waals surface area contributed by atoms with Crippen LogP contribution in [0.4, 0.5) is 0 Å². The molecule has 0 amide bonds. The van der Waals surface area contributed by atoms with Crippen molar-refractivity contribution in [3.63, 3.8) is 0 Å². The summed E-state index contributed by atoms with van der Waals surface area (Å²) in [7, 11) is 0. The van der Waals surface area contributed by atoms with Crippen molar-refractivity contribution < 1.29 is 4.74 Å². The highest BCUT2D eigenvalue weighted by atomic mass is 16.5. The average molecular weight is 182 g/mol. The maximum absolute atomic E-state index is 5.08. The number of ether oxygens (including phenoxy) is 1. The zero-order chi connectivity index (χ0) is 9.90. The molecule has 0 N–H and O–H groups in total. The minimum Gasteiger partial charge on any atom is -0.500 e. The third kappa shape index (κ3) is 2.47. The summed E-state index contributed by atoms with van der Waals surface area (Å²) in [6.07, 6.45) is 2.51. The lowest BCUT2D eigenvalue weighted by molar-refractivity contribution is 0.111. The molecule has 0 saturated heterocycles. The Balaban J connectivity index is 2.43. The van der Waals surface area contributed by atoms with Gasteiger partial charge in [0, 0.05) is 12.1 Å². The highest BCUT2D eigenvalue weighted by Crippen LogP contribution is 2.25. The van der Waals surface area contributed by atoms with E-state index < -0.39 is 0 Å². The van der Waals surface area contributed by atoms with Gasteiger partial charge in [0.2, 0.25) is 0 Å². The predicted molar refractivity (Wildman–Crippen MR) is 54.7 cm³/mol. The quantitative estimate of drug-likeness (QED) is 0.491. The third-order valence-electron chi connectivity index (χ3n) is 2.22. The largest absolute Gasteiger partial charge is 0.500 e. The predicted octanol–water partition coefficient (Wildman–Crippen LogP) is 2.01. The van der Waals surface area contributed by atoms with Gasteiger partial charge in [-0.05, 0) is 20.8 Å². The van der Waals surface area contributed by atoms with Crippen molar-refractivity contribution in [3.05, 3.63) is 12.8 Å². The van der Waals surface area contributed by atoms with Gasteiger partial charge in [0.15, 0.2) is 0 Å². The van der Waals surface area contributed by atoms with Crippen LogP contribution in [0, 0.1) is 0 Å². The second kappa shape index (κ2) is 3.81. The van der Waals surface area contributed by atoms with Gasteiger partial charge in [0.25, 0.3) is 0 Å². The van der Waals surface area contributed by atoms with Crippen LogP contribution in [0.3, 0.4) is 0 Å². The number of rotatable bonds is 4. The number of hydrazone groups is 1. The summed E-state index contributed by atoms with van der Waals surface area (Å²) in [4.78, 5) is 0. The SMILES string of the molecule is C=COCCN1N=C(C)CC1(C)C. The van der Waals surface area contributed by atoms with Gasteiger partial charge in [-0.15, -0.1) is 0 Å². The lowest BCUT2D eigenvalue weighted by Crippen LogP contribution is -2.38. The van der Waals surface area contributed by atoms with Crippen molar-refractivity contribution >= 4 is 5.71 Å². The molecule has 0 aromatic heterocycles. The fraction of sp³-hybridized carbons (Fsp3) is 0.700. The molecule has 0 aromatic rings. The third-order valence-corrected chi connectivity index (χ3v) is 2.22. The van der Waals surface area contributed by atoms with Crippen LogP contribution in [-0.2, 0) is 4.74 Å². The van der Waals surface area contributed by atoms with E-state index in [2.05, 4.69) is 37.5 Å². The van der Waals surface area contributed by atoms with Crippen LogP contribution < -0.4 is 0 Å². The molecule has 74 valence electrons. The molecule has 0 spiro atoms. The number of hydrogen-bond donors (Lipinski definition) is 0. The zero-order valence-electron chi connectivity index (χ0n) is 8.71. The van der Waals surface area contributed by atoms with Gasteiger partial charge in [-0.2, -0.15) is 5.10 Å². The first-order valence-electron chi connectivity index (χ1n) is 4.60. The highest BCUT2D eigenvalue weighted by molar-refractivity contribution is 5.84. The molecule has 3 heteroatoms. The summed E-state index contributed by atoms with van der Waals surface area (Å²) in [5, 5.41) is 6.54. The van der Waals surface area contributed by atoms with Crippen molar-refractivity contribution in [1.29, 1.82) is 0 Å². The van der Waals surface area contributed by atoms with Crippen molar-refractivity contribution in [1.82, 2.24) is 5.01 Å². The summed E-state index contributed by atoms with van der Waals surface area (Å²) in [5.74, 6) is 0. The molecule has 1 heterocycles. The molecule has 0 aliphatic carbocycles. The molecular formula is C10H18N2O. The van der Waals surface area contributed by atoms with E-state index in [1.165, 1.54) is 12.0 Å². The highest BCUT2D eigenvalue weighted by Gasteiger charge is 2.31. The molecule has 0 radical (unpaired) electrons. The first kappa shape index (κ1) is 10.1. The Hall–Kier alpha value is -0.990. The first-order chi connectivity index (χ1) is 6.06. The zero-order valence-corrected chi connectivity index (χ0v) is 8.71. The molecule has 0 saturated carbocycles. The molecule has 13 heavy (non-hydrogen) atoms. The maximum Gasteiger partial charge on any atom is 0.106 e. The Bertz CT molecular complexity index is 221. The summed E-state index contributed by atoms with van der Waals surface area (Å²) < 4.78 is 5.08. The van der Waals surface area contributed by atoms with E-state index >= 15 is 0 Å². The van der Waals surface area contributed by atoms with Crippen LogP contribution in [0.25, 0.3) is 0 Å². The lowest BCUT2D eigenvalue weighted by atomic mass is 9.99. The average Bonchev–Trinajstić information content (AvgIpc) is 2.25. The minimum atomic E-state index is 0.147. The van der Waals surface area contributed by atoms with E-state index in [9.17, 15) is 0 Å². The molecule has 1 aliphatic rings. The van der Waals surface area contributed by atoms with Gasteiger partial charge in [0.1, 0.15) is 6.61 Å². The normalized spacial score (nSPS) is 19.9. The Labute approximate surface area is 80.1 Å². The summed E-state index contributed by atoms with van der Waals surface area (Å²) in [6, 6.07) is 0. The molecule has 0 unspecified atom stereocenters. The van der Waals surface area contributed by atoms with Gasteiger partial charge < -0.3 is 4.74 Å². The standard InChI is InChI=1S/C10H18N2O/c1-5-13-7-6-12-10(3,4)8-9(2)11-12/h5H,1,6-8H2,2-4H3. The molecule has 3 nitrogen and oxygen atoms in total. The number of hydrogen-bond acceptors (Lipinski definition) is 3. The van der Waals surface area contributed by atoms with Gasteiger partial charge >= 0.3 is 0 Å². The van der Waals surface area contributed by atoms with Crippen molar-refractivity contribution in [2.45, 2.75) is 32.7 Å². The van der Waals surface area contributed by atoms with Crippen molar-refractivity contribution in [2.75, 3.05) is 13.2 Å². The Morgan fingerprint density at radius 2 is 2.38 bits per heavy atom. The maximum atomic E-state index is 5.08. The van der Waals surface area contributed by atoms with E-state index in [1.807, 2.05) is 0 Å². The minimum absolute atomic E-state index is 0.147. The van der Waals surface area contributed by atoms with E-state index in [0.717, 1.165) is 13.0 Å². The smallest absolute Gasteiger partial charge is 0.106 e. The fourth-order valence-corrected chi connectivity index (χ4v) is 1.67. The topological polar surface area (TPSA) is 24.8 Å². The summed E-state index contributed by atoms with van der Waals surface area (Å²) in [6.45, 7) is 11.4. The fourth-order valence-electron chi connectivity index (χ4n) is 1.67. The molecule has 0 bridgehead atoms. The summed E-state index contributed by atoms with van der Waals surface area (Å²) >= 11 is 0. The van der Waals surface area contributed by atoms with E-state index in [-0.39, 0.29) is 5.54 Å². The van der Waals surface area contributed by atoms with Crippen LogP contribution in [0.5, 0.6) is 0 Å². The van der Waals surface area contributed by atoms with Crippen LogP contribution in [0.2, 0.25) is 0 Å². The molecule has 1 rings (SSSR count). The van der Waals surface area contributed by atoms with Gasteiger partial charge in [-0.3, -0.25) is 5.01 Å². The molecule has 0 fully saturated rings.